The molecule has 0 bridgehead atoms. The number of carbonyl (C=O) groups is 1. The van der Waals surface area contributed by atoms with Crippen LogP contribution in [0, 0.1) is 30.9 Å². The maximum absolute atomic E-state index is 12.6. The standard InChI is InChI=1S/C22H19N3O7S/c1-14-11-15(2)21(16(3)12-14)33(29,30)32-24-19-9-7-18(8-10-19)23-31-22(26)17-5-4-6-20(13-17)25(27)28/h4-13H,1-3H3. The molecule has 2 aromatic rings. The number of aryl methyl sites for hydroxylation is 3. The van der Waals surface area contributed by atoms with E-state index < -0.39 is 21.0 Å². The van der Waals surface area contributed by atoms with Gasteiger partial charge in [0.2, 0.25) is 0 Å². The molecule has 0 amide bonds. The van der Waals surface area contributed by atoms with Crippen molar-refractivity contribution in [1.82, 2.24) is 0 Å². The van der Waals surface area contributed by atoms with Crippen LogP contribution in [0.4, 0.5) is 5.69 Å². The molecular formula is C22H19N3O7S. The van der Waals surface area contributed by atoms with E-state index in [2.05, 4.69) is 10.3 Å². The number of nitro groups is 1. The first-order valence-electron chi connectivity index (χ1n) is 9.56. The van der Waals surface area contributed by atoms with Gasteiger partial charge < -0.3 is 4.84 Å². The molecule has 0 saturated heterocycles. The Bertz CT molecular complexity index is 1310. The Hall–Kier alpha value is -4.12. The van der Waals surface area contributed by atoms with Gasteiger partial charge in [0.1, 0.15) is 16.3 Å². The highest BCUT2D eigenvalue weighted by atomic mass is 32.2. The van der Waals surface area contributed by atoms with E-state index >= 15 is 0 Å². The van der Waals surface area contributed by atoms with Crippen molar-refractivity contribution < 1.29 is 27.3 Å². The van der Waals surface area contributed by atoms with Crippen LogP contribution in [-0.4, -0.2) is 30.7 Å². The Labute approximate surface area is 189 Å². The van der Waals surface area contributed by atoms with Crippen molar-refractivity contribution in [2.24, 2.45) is 10.3 Å². The van der Waals surface area contributed by atoms with Crippen LogP contribution >= 0.6 is 0 Å². The molecule has 0 fully saturated rings. The van der Waals surface area contributed by atoms with E-state index in [-0.39, 0.29) is 27.6 Å². The summed E-state index contributed by atoms with van der Waals surface area (Å²) in [5.41, 5.74) is 2.21. The summed E-state index contributed by atoms with van der Waals surface area (Å²) in [5, 5.41) is 18.1. The van der Waals surface area contributed by atoms with E-state index in [1.807, 2.05) is 6.92 Å². The van der Waals surface area contributed by atoms with Crippen LogP contribution in [0.15, 0.2) is 75.9 Å². The second kappa shape index (κ2) is 9.57. The molecular weight excluding hydrogens is 450 g/mol. The molecule has 1 aliphatic carbocycles. The van der Waals surface area contributed by atoms with Gasteiger partial charge >= 0.3 is 16.1 Å². The fraction of sp³-hybridized carbons (Fsp3) is 0.136. The number of carbonyl (C=O) groups excluding carboxylic acids is 1. The van der Waals surface area contributed by atoms with Crippen molar-refractivity contribution in [1.29, 1.82) is 0 Å². The summed E-state index contributed by atoms with van der Waals surface area (Å²) in [6.45, 7) is 5.23. The molecule has 170 valence electrons. The van der Waals surface area contributed by atoms with Crippen molar-refractivity contribution in [2.45, 2.75) is 25.7 Å². The van der Waals surface area contributed by atoms with Gasteiger partial charge in [0.25, 0.3) is 5.69 Å². The molecule has 0 atom stereocenters. The third-order valence-corrected chi connectivity index (χ3v) is 5.89. The summed E-state index contributed by atoms with van der Waals surface area (Å²) in [6.07, 6.45) is 5.70. The van der Waals surface area contributed by atoms with Crippen molar-refractivity contribution in [3.05, 3.63) is 93.1 Å². The third kappa shape index (κ3) is 5.77. The van der Waals surface area contributed by atoms with Crippen LogP contribution in [0.5, 0.6) is 0 Å². The zero-order valence-corrected chi connectivity index (χ0v) is 18.7. The third-order valence-electron chi connectivity index (χ3n) is 4.47. The summed E-state index contributed by atoms with van der Waals surface area (Å²) in [5.74, 6) is -0.870. The van der Waals surface area contributed by atoms with Crippen molar-refractivity contribution in [2.75, 3.05) is 0 Å². The molecule has 10 nitrogen and oxygen atoms in total. The molecule has 1 aliphatic rings. The summed E-state index contributed by atoms with van der Waals surface area (Å²) >= 11 is 0. The Balaban J connectivity index is 1.67. The average molecular weight is 469 g/mol. The molecule has 0 saturated carbocycles. The lowest BCUT2D eigenvalue weighted by Crippen LogP contribution is -2.09. The van der Waals surface area contributed by atoms with Gasteiger partial charge in [0, 0.05) is 12.1 Å². The van der Waals surface area contributed by atoms with Gasteiger partial charge in [0.05, 0.1) is 10.5 Å². The number of rotatable bonds is 6. The van der Waals surface area contributed by atoms with E-state index in [9.17, 15) is 23.3 Å². The first-order valence-corrected chi connectivity index (χ1v) is 11.0. The van der Waals surface area contributed by atoms with Gasteiger partial charge in [-0.2, -0.15) is 8.42 Å². The van der Waals surface area contributed by atoms with Crippen LogP contribution in [0.1, 0.15) is 27.0 Å². The van der Waals surface area contributed by atoms with Crippen LogP contribution in [0.2, 0.25) is 0 Å². The van der Waals surface area contributed by atoms with Gasteiger partial charge in [0.15, 0.2) is 0 Å². The van der Waals surface area contributed by atoms with Gasteiger partial charge in [-0.05, 0) is 62.3 Å². The number of non-ortho nitro benzene ring substituents is 1. The van der Waals surface area contributed by atoms with Crippen molar-refractivity contribution in [3.8, 4) is 0 Å². The number of nitrogens with zero attached hydrogens (tertiary/aromatic N) is 3. The second-order valence-electron chi connectivity index (χ2n) is 7.14. The normalized spacial score (nSPS) is 12.9. The lowest BCUT2D eigenvalue weighted by Gasteiger charge is -2.10. The highest BCUT2D eigenvalue weighted by Crippen LogP contribution is 2.24. The monoisotopic (exact) mass is 469 g/mol. The number of nitro benzene ring substituents is 1. The molecule has 0 aromatic heterocycles. The van der Waals surface area contributed by atoms with Gasteiger partial charge in [-0.15, -0.1) is 0 Å². The predicted molar refractivity (Wildman–Crippen MR) is 121 cm³/mol. The Morgan fingerprint density at radius 1 is 0.939 bits per heavy atom. The topological polar surface area (TPSA) is 138 Å². The van der Waals surface area contributed by atoms with Crippen molar-refractivity contribution >= 4 is 33.2 Å². The average Bonchev–Trinajstić information content (AvgIpc) is 2.76. The molecule has 2 aromatic carbocycles. The van der Waals surface area contributed by atoms with Crippen molar-refractivity contribution in [3.63, 3.8) is 0 Å². The van der Waals surface area contributed by atoms with Crippen LogP contribution in [-0.2, 0) is 19.2 Å². The minimum absolute atomic E-state index is 0.0279. The highest BCUT2D eigenvalue weighted by Gasteiger charge is 2.22. The molecule has 33 heavy (non-hydrogen) atoms. The molecule has 0 N–H and O–H groups in total. The van der Waals surface area contributed by atoms with Gasteiger partial charge in [-0.3, -0.25) is 14.4 Å². The first kappa shape index (κ1) is 23.5. The molecule has 0 aliphatic heterocycles. The number of hydrogen-bond acceptors (Lipinski definition) is 9. The lowest BCUT2D eigenvalue weighted by molar-refractivity contribution is -0.384. The number of allylic oxidation sites excluding steroid dienone is 4. The van der Waals surface area contributed by atoms with E-state index in [1.54, 1.807) is 26.0 Å². The molecule has 0 spiro atoms. The summed E-state index contributed by atoms with van der Waals surface area (Å²) in [4.78, 5) is 27.1. The van der Waals surface area contributed by atoms with E-state index in [1.165, 1.54) is 42.5 Å². The fourth-order valence-electron chi connectivity index (χ4n) is 3.16. The molecule has 3 rings (SSSR count). The largest absolute Gasteiger partial charge is 0.366 e. The molecule has 11 heteroatoms. The summed E-state index contributed by atoms with van der Waals surface area (Å²) < 4.78 is 30.0. The van der Waals surface area contributed by atoms with E-state index in [4.69, 9.17) is 9.12 Å². The van der Waals surface area contributed by atoms with Crippen LogP contribution < -0.4 is 0 Å². The maximum Gasteiger partial charge on any atom is 0.366 e. The quantitative estimate of drug-likeness (QED) is 0.270. The van der Waals surface area contributed by atoms with E-state index in [0.717, 1.165) is 11.6 Å². The zero-order chi connectivity index (χ0) is 24.2. The minimum Gasteiger partial charge on any atom is -0.312 e. The van der Waals surface area contributed by atoms with E-state index in [0.29, 0.717) is 11.1 Å². The minimum atomic E-state index is -4.12. The molecule has 0 heterocycles. The maximum atomic E-state index is 12.6. The zero-order valence-electron chi connectivity index (χ0n) is 17.9. The Morgan fingerprint density at radius 2 is 1.52 bits per heavy atom. The smallest absolute Gasteiger partial charge is 0.312 e. The van der Waals surface area contributed by atoms with Gasteiger partial charge in [-0.25, -0.2) is 4.79 Å². The summed E-state index contributed by atoms with van der Waals surface area (Å²) in [6, 6.07) is 8.54. The molecule has 0 unspecified atom stereocenters. The number of benzene rings is 2. The second-order valence-corrected chi connectivity index (χ2v) is 8.61. The SMILES string of the molecule is Cc1cc(C)c(S(=O)(=O)ON=C2C=CC(=NOC(=O)c3cccc([N+](=O)[O-])c3)C=C2)c(C)c1. The van der Waals surface area contributed by atoms with Crippen LogP contribution in [0.25, 0.3) is 0 Å². The Morgan fingerprint density at radius 3 is 2.09 bits per heavy atom. The van der Waals surface area contributed by atoms with Crippen LogP contribution in [0.3, 0.4) is 0 Å². The molecule has 0 radical (unpaired) electrons. The Kier molecular flexibility index (Phi) is 6.83. The van der Waals surface area contributed by atoms with Gasteiger partial charge in [-0.1, -0.05) is 34.1 Å². The number of hydrogen-bond donors (Lipinski definition) is 0. The lowest BCUT2D eigenvalue weighted by atomic mass is 10.1. The predicted octanol–water partition coefficient (Wildman–Crippen LogP) is 3.92. The first-order chi connectivity index (χ1) is 15.6. The number of oxime groups is 2. The highest BCUT2D eigenvalue weighted by molar-refractivity contribution is 7.86. The summed E-state index contributed by atoms with van der Waals surface area (Å²) in [7, 11) is -4.12. The fourth-order valence-corrected chi connectivity index (χ4v) is 4.32.